The number of nitrogens with one attached hydrogen (secondary N) is 1. The fourth-order valence-corrected chi connectivity index (χ4v) is 3.75. The van der Waals surface area contributed by atoms with Gasteiger partial charge in [0.25, 0.3) is 0 Å². The molecule has 0 fully saturated rings. The molecule has 0 spiro atoms. The second kappa shape index (κ2) is 8.55. The number of carbonyl (C=O) groups is 1. The molecule has 8 heteroatoms. The molecule has 4 aromatic rings. The summed E-state index contributed by atoms with van der Waals surface area (Å²) in [7, 11) is 1.64. The summed E-state index contributed by atoms with van der Waals surface area (Å²) >= 11 is 7.44. The molecular formula is C21H17ClN4O2S. The molecule has 0 atom stereocenters. The van der Waals surface area contributed by atoms with E-state index in [1.54, 1.807) is 36.2 Å². The highest BCUT2D eigenvalue weighted by Crippen LogP contribution is 2.27. The van der Waals surface area contributed by atoms with Crippen molar-refractivity contribution in [1.29, 1.82) is 0 Å². The van der Waals surface area contributed by atoms with Gasteiger partial charge < -0.3 is 10.1 Å². The Hall–Kier alpha value is -3.03. The quantitative estimate of drug-likeness (QED) is 0.451. The molecule has 29 heavy (non-hydrogen) atoms. The van der Waals surface area contributed by atoms with Crippen LogP contribution in [0, 0.1) is 0 Å². The second-order valence-corrected chi connectivity index (χ2v) is 7.51. The zero-order chi connectivity index (χ0) is 20.2. The molecule has 1 N–H and O–H groups in total. The van der Waals surface area contributed by atoms with Gasteiger partial charge in [0.2, 0.25) is 5.91 Å². The number of anilines is 1. The lowest BCUT2D eigenvalue weighted by atomic mass is 10.1. The number of rotatable bonds is 6. The highest BCUT2D eigenvalue weighted by atomic mass is 35.5. The molecule has 2 aromatic carbocycles. The molecule has 0 bridgehead atoms. The maximum atomic E-state index is 12.3. The summed E-state index contributed by atoms with van der Waals surface area (Å²) in [5.41, 5.74) is 3.23. The number of amides is 1. The first-order chi connectivity index (χ1) is 14.1. The number of carbonyl (C=O) groups excluding carboxylic acids is 1. The van der Waals surface area contributed by atoms with Crippen LogP contribution >= 0.6 is 23.4 Å². The number of halogens is 1. The lowest BCUT2D eigenvalue weighted by molar-refractivity contribution is -0.113. The van der Waals surface area contributed by atoms with E-state index in [-0.39, 0.29) is 11.7 Å². The molecule has 0 aliphatic carbocycles. The summed E-state index contributed by atoms with van der Waals surface area (Å²) in [4.78, 5) is 16.7. The first kappa shape index (κ1) is 19.3. The first-order valence-corrected chi connectivity index (χ1v) is 10.2. The number of thioether (sulfide) groups is 1. The Morgan fingerprint density at radius 1 is 1.21 bits per heavy atom. The molecule has 2 aromatic heterocycles. The largest absolute Gasteiger partial charge is 0.497 e. The number of para-hydroxylation sites is 1. The van der Waals surface area contributed by atoms with Gasteiger partial charge in [0.05, 0.1) is 34.8 Å². The fourth-order valence-electron chi connectivity index (χ4n) is 2.79. The van der Waals surface area contributed by atoms with Gasteiger partial charge in [0.1, 0.15) is 10.8 Å². The number of fused-ring (bicyclic) bond motifs is 1. The fraction of sp³-hybridized carbons (Fsp3) is 0.0952. The Morgan fingerprint density at radius 2 is 2.00 bits per heavy atom. The standard InChI is InChI=1S/C21H17ClN4O2S/c1-28-15-8-6-14(7-9-15)18-12-19-21(23-10-11-26(19)25-18)29-13-20(27)24-17-5-3-2-4-16(17)22/h2-12H,13H2,1H3,(H,24,27). The van der Waals surface area contributed by atoms with Crippen LogP contribution in [-0.4, -0.2) is 33.4 Å². The van der Waals surface area contributed by atoms with E-state index < -0.39 is 0 Å². The third-order valence-corrected chi connectivity index (χ3v) is 5.55. The highest BCUT2D eigenvalue weighted by Gasteiger charge is 2.12. The van der Waals surface area contributed by atoms with E-state index >= 15 is 0 Å². The Kier molecular flexibility index (Phi) is 5.69. The molecule has 0 saturated heterocycles. The number of hydrogen-bond acceptors (Lipinski definition) is 5. The van der Waals surface area contributed by atoms with Crippen molar-refractivity contribution >= 4 is 40.5 Å². The van der Waals surface area contributed by atoms with Gasteiger partial charge in [-0.05, 0) is 42.5 Å². The molecule has 0 radical (unpaired) electrons. The van der Waals surface area contributed by atoms with Crippen LogP contribution in [0.3, 0.4) is 0 Å². The Balaban J connectivity index is 1.51. The van der Waals surface area contributed by atoms with E-state index in [1.807, 2.05) is 42.5 Å². The maximum absolute atomic E-state index is 12.3. The van der Waals surface area contributed by atoms with Gasteiger partial charge in [-0.2, -0.15) is 5.10 Å². The van der Waals surface area contributed by atoms with Crippen LogP contribution in [0.5, 0.6) is 5.75 Å². The van der Waals surface area contributed by atoms with Gasteiger partial charge >= 0.3 is 0 Å². The topological polar surface area (TPSA) is 68.5 Å². The van der Waals surface area contributed by atoms with Gasteiger partial charge in [-0.25, -0.2) is 9.50 Å². The molecule has 0 aliphatic heterocycles. The SMILES string of the molecule is COc1ccc(-c2cc3c(SCC(=O)Nc4ccccc4Cl)nccn3n2)cc1. The summed E-state index contributed by atoms with van der Waals surface area (Å²) in [6.45, 7) is 0. The smallest absolute Gasteiger partial charge is 0.234 e. The van der Waals surface area contributed by atoms with E-state index in [2.05, 4.69) is 15.4 Å². The van der Waals surface area contributed by atoms with E-state index in [0.717, 1.165) is 27.5 Å². The first-order valence-electron chi connectivity index (χ1n) is 8.80. The Morgan fingerprint density at radius 3 is 2.76 bits per heavy atom. The van der Waals surface area contributed by atoms with Crippen molar-refractivity contribution < 1.29 is 9.53 Å². The molecule has 0 unspecified atom stereocenters. The van der Waals surface area contributed by atoms with E-state index in [1.165, 1.54) is 11.8 Å². The van der Waals surface area contributed by atoms with Crippen molar-refractivity contribution in [3.8, 4) is 17.0 Å². The third kappa shape index (κ3) is 4.36. The van der Waals surface area contributed by atoms with Crippen molar-refractivity contribution in [2.75, 3.05) is 18.2 Å². The summed E-state index contributed by atoms with van der Waals surface area (Å²) in [5.74, 6) is 0.850. The van der Waals surface area contributed by atoms with Crippen LogP contribution in [0.25, 0.3) is 16.8 Å². The Labute approximate surface area is 176 Å². The number of nitrogens with zero attached hydrogens (tertiary/aromatic N) is 3. The minimum atomic E-state index is -0.151. The molecule has 6 nitrogen and oxygen atoms in total. The predicted molar refractivity (Wildman–Crippen MR) is 116 cm³/mol. The number of aromatic nitrogens is 3. The maximum Gasteiger partial charge on any atom is 0.234 e. The average molecular weight is 425 g/mol. The van der Waals surface area contributed by atoms with Crippen LogP contribution < -0.4 is 10.1 Å². The van der Waals surface area contributed by atoms with E-state index in [0.29, 0.717) is 10.7 Å². The average Bonchev–Trinajstić information content (AvgIpc) is 3.19. The second-order valence-electron chi connectivity index (χ2n) is 6.14. The number of hydrogen-bond donors (Lipinski definition) is 1. The van der Waals surface area contributed by atoms with Crippen LogP contribution in [0.4, 0.5) is 5.69 Å². The van der Waals surface area contributed by atoms with Crippen molar-refractivity contribution in [1.82, 2.24) is 14.6 Å². The molecule has 0 aliphatic rings. The van der Waals surface area contributed by atoms with E-state index in [4.69, 9.17) is 16.3 Å². The van der Waals surface area contributed by atoms with Crippen molar-refractivity contribution in [2.45, 2.75) is 5.03 Å². The number of methoxy groups -OCH3 is 1. The minimum absolute atomic E-state index is 0.151. The molecule has 1 amide bonds. The minimum Gasteiger partial charge on any atom is -0.497 e. The molecular weight excluding hydrogens is 408 g/mol. The monoisotopic (exact) mass is 424 g/mol. The van der Waals surface area contributed by atoms with Gasteiger partial charge in [-0.15, -0.1) is 0 Å². The zero-order valence-corrected chi connectivity index (χ0v) is 17.1. The zero-order valence-electron chi connectivity index (χ0n) is 15.5. The molecule has 2 heterocycles. The van der Waals surface area contributed by atoms with Gasteiger partial charge in [0, 0.05) is 18.0 Å². The number of ether oxygens (including phenoxy) is 1. The summed E-state index contributed by atoms with van der Waals surface area (Å²) in [6, 6.07) is 16.8. The van der Waals surface area contributed by atoms with Gasteiger partial charge in [-0.1, -0.05) is 35.5 Å². The summed E-state index contributed by atoms with van der Waals surface area (Å²) in [5, 5.41) is 8.66. The van der Waals surface area contributed by atoms with Gasteiger partial charge in [0.15, 0.2) is 0 Å². The predicted octanol–water partition coefficient (Wildman–Crippen LogP) is 4.79. The van der Waals surface area contributed by atoms with Crippen LogP contribution in [0.15, 0.2) is 72.0 Å². The van der Waals surface area contributed by atoms with Crippen LogP contribution in [-0.2, 0) is 4.79 Å². The van der Waals surface area contributed by atoms with Crippen LogP contribution in [0.1, 0.15) is 0 Å². The lowest BCUT2D eigenvalue weighted by Crippen LogP contribution is -2.14. The van der Waals surface area contributed by atoms with Crippen molar-refractivity contribution in [3.63, 3.8) is 0 Å². The van der Waals surface area contributed by atoms with Gasteiger partial charge in [-0.3, -0.25) is 4.79 Å². The van der Waals surface area contributed by atoms with Crippen LogP contribution in [0.2, 0.25) is 5.02 Å². The summed E-state index contributed by atoms with van der Waals surface area (Å²) < 4.78 is 6.97. The van der Waals surface area contributed by atoms with Crippen molar-refractivity contribution in [2.24, 2.45) is 0 Å². The molecule has 4 rings (SSSR count). The molecule has 0 saturated carbocycles. The Bertz CT molecular complexity index is 1160. The highest BCUT2D eigenvalue weighted by molar-refractivity contribution is 8.00. The molecule has 146 valence electrons. The van der Waals surface area contributed by atoms with Crippen molar-refractivity contribution in [3.05, 3.63) is 72.0 Å². The normalized spacial score (nSPS) is 10.8. The third-order valence-electron chi connectivity index (χ3n) is 4.23. The lowest BCUT2D eigenvalue weighted by Gasteiger charge is -2.07. The van der Waals surface area contributed by atoms with E-state index in [9.17, 15) is 4.79 Å². The number of benzene rings is 2. The summed E-state index contributed by atoms with van der Waals surface area (Å²) in [6.07, 6.45) is 3.46.